The van der Waals surface area contributed by atoms with Crippen LogP contribution in [0.2, 0.25) is 10.0 Å². The number of carbonyl (C=O) groups is 2. The number of hydrogen-bond donors (Lipinski definition) is 2. The van der Waals surface area contributed by atoms with Gasteiger partial charge in [-0.1, -0.05) is 40.6 Å². The molecule has 0 aliphatic rings. The van der Waals surface area contributed by atoms with Gasteiger partial charge in [-0.3, -0.25) is 9.59 Å². The molecule has 0 unspecified atom stereocenters. The van der Waals surface area contributed by atoms with Crippen molar-refractivity contribution in [1.29, 1.82) is 0 Å². The van der Waals surface area contributed by atoms with Crippen molar-refractivity contribution in [3.8, 4) is 0 Å². The zero-order valence-electron chi connectivity index (χ0n) is 15.8. The van der Waals surface area contributed by atoms with Crippen molar-refractivity contribution in [1.82, 2.24) is 4.98 Å². The van der Waals surface area contributed by atoms with E-state index in [1.807, 2.05) is 24.3 Å². The van der Waals surface area contributed by atoms with E-state index in [-0.39, 0.29) is 38.1 Å². The third-order valence-electron chi connectivity index (χ3n) is 3.81. The van der Waals surface area contributed by atoms with E-state index in [1.165, 1.54) is 6.92 Å². The minimum Gasteiger partial charge on any atom is -0.465 e. The molecular formula is C20H17Cl2N3O3S2. The van der Waals surface area contributed by atoms with Crippen LogP contribution < -0.4 is 11.1 Å². The lowest BCUT2D eigenvalue weighted by Crippen LogP contribution is -2.04. The summed E-state index contributed by atoms with van der Waals surface area (Å²) in [6.45, 7) is 1.75. The smallest absolute Gasteiger partial charge is 0.302 e. The summed E-state index contributed by atoms with van der Waals surface area (Å²) in [5.41, 5.74) is 6.96. The van der Waals surface area contributed by atoms with Crippen LogP contribution in [-0.4, -0.2) is 29.1 Å². The Balaban J connectivity index is 1.67. The number of nitrogen functional groups attached to an aromatic ring is 1. The number of esters is 1. The molecule has 3 N–H and O–H groups in total. The van der Waals surface area contributed by atoms with Gasteiger partial charge in [0, 0.05) is 23.3 Å². The molecule has 0 fully saturated rings. The van der Waals surface area contributed by atoms with Gasteiger partial charge in [0.2, 0.25) is 5.78 Å². The second-order valence-electron chi connectivity index (χ2n) is 6.00. The molecule has 0 saturated heterocycles. The summed E-state index contributed by atoms with van der Waals surface area (Å²) in [6, 6.07) is 12.5. The zero-order valence-corrected chi connectivity index (χ0v) is 18.9. The van der Waals surface area contributed by atoms with E-state index in [9.17, 15) is 9.59 Å². The maximum atomic E-state index is 12.8. The molecule has 1 heterocycles. The number of anilines is 3. The number of ether oxygens (including phenoxy) is 1. The van der Waals surface area contributed by atoms with Gasteiger partial charge in [0.15, 0.2) is 5.13 Å². The van der Waals surface area contributed by atoms with E-state index >= 15 is 0 Å². The Bertz CT molecular complexity index is 1050. The number of nitrogens with zero attached hydrogens (tertiary/aromatic N) is 1. The Hall–Kier alpha value is -2.26. The Morgan fingerprint density at radius 1 is 1.17 bits per heavy atom. The highest BCUT2D eigenvalue weighted by molar-refractivity contribution is 7.99. The maximum absolute atomic E-state index is 12.8. The Morgan fingerprint density at radius 2 is 1.83 bits per heavy atom. The highest BCUT2D eigenvalue weighted by Crippen LogP contribution is 2.34. The van der Waals surface area contributed by atoms with Gasteiger partial charge in [-0.15, -0.1) is 11.8 Å². The van der Waals surface area contributed by atoms with Crippen LogP contribution in [0.15, 0.2) is 47.4 Å². The van der Waals surface area contributed by atoms with Crippen LogP contribution in [0.3, 0.4) is 0 Å². The SMILES string of the molecule is CC(=O)OCCSc1ccc(Nc2nc(N)c(C(=O)c3c(Cl)cccc3Cl)s2)cc1. The number of ketones is 1. The monoisotopic (exact) mass is 481 g/mol. The molecule has 156 valence electrons. The minimum atomic E-state index is -0.367. The van der Waals surface area contributed by atoms with Crippen LogP contribution in [0.1, 0.15) is 22.2 Å². The molecule has 6 nitrogen and oxygen atoms in total. The molecular weight excluding hydrogens is 465 g/mol. The first kappa shape index (κ1) is 22.4. The zero-order chi connectivity index (χ0) is 21.7. The van der Waals surface area contributed by atoms with Crippen LogP contribution in [0.5, 0.6) is 0 Å². The molecule has 2 aromatic carbocycles. The maximum Gasteiger partial charge on any atom is 0.302 e. The number of nitrogens with one attached hydrogen (secondary N) is 1. The third-order valence-corrected chi connectivity index (χ3v) is 6.40. The molecule has 3 aromatic rings. The predicted molar refractivity (Wildman–Crippen MR) is 124 cm³/mol. The van der Waals surface area contributed by atoms with Crippen molar-refractivity contribution in [2.24, 2.45) is 0 Å². The molecule has 0 radical (unpaired) electrons. The molecule has 0 spiro atoms. The van der Waals surface area contributed by atoms with Gasteiger partial charge in [0.05, 0.1) is 15.6 Å². The molecule has 0 aliphatic carbocycles. The number of aromatic nitrogens is 1. The van der Waals surface area contributed by atoms with Crippen molar-refractivity contribution < 1.29 is 14.3 Å². The quantitative estimate of drug-likeness (QED) is 0.185. The predicted octanol–water partition coefficient (Wildman–Crippen LogP) is 5.66. The summed E-state index contributed by atoms with van der Waals surface area (Å²) in [4.78, 5) is 29.2. The second kappa shape index (κ2) is 10.2. The average molecular weight is 482 g/mol. The topological polar surface area (TPSA) is 94.3 Å². The van der Waals surface area contributed by atoms with E-state index in [4.69, 9.17) is 33.7 Å². The largest absolute Gasteiger partial charge is 0.465 e. The van der Waals surface area contributed by atoms with Gasteiger partial charge in [-0.05, 0) is 36.4 Å². The second-order valence-corrected chi connectivity index (χ2v) is 8.98. The average Bonchev–Trinajstić information content (AvgIpc) is 3.06. The van der Waals surface area contributed by atoms with E-state index in [1.54, 1.807) is 30.0 Å². The lowest BCUT2D eigenvalue weighted by molar-refractivity contribution is -0.140. The number of thiazole rings is 1. The van der Waals surface area contributed by atoms with Crippen molar-refractivity contribution in [3.05, 3.63) is 63.0 Å². The first-order valence-electron chi connectivity index (χ1n) is 8.73. The van der Waals surface area contributed by atoms with Crippen LogP contribution in [0.4, 0.5) is 16.6 Å². The molecule has 0 aliphatic heterocycles. The Labute approximate surface area is 191 Å². The number of thioether (sulfide) groups is 1. The third kappa shape index (κ3) is 5.66. The van der Waals surface area contributed by atoms with Crippen LogP contribution in [0.25, 0.3) is 0 Å². The standard InChI is InChI=1S/C20H17Cl2N3O3S2/c1-11(26)28-9-10-29-13-7-5-12(6-8-13)24-20-25-19(23)18(30-20)17(27)16-14(21)3-2-4-15(16)22/h2-8H,9-10,23H2,1H3,(H,24,25). The van der Waals surface area contributed by atoms with Gasteiger partial charge in [0.1, 0.15) is 17.3 Å². The first-order chi connectivity index (χ1) is 14.3. The number of carbonyl (C=O) groups excluding carboxylic acids is 2. The fourth-order valence-corrected chi connectivity index (χ4v) is 4.63. The fourth-order valence-electron chi connectivity index (χ4n) is 2.48. The molecule has 0 amide bonds. The van der Waals surface area contributed by atoms with Crippen molar-refractivity contribution in [3.63, 3.8) is 0 Å². The summed E-state index contributed by atoms with van der Waals surface area (Å²) in [5, 5.41) is 4.14. The van der Waals surface area contributed by atoms with Gasteiger partial charge in [0.25, 0.3) is 0 Å². The number of halogens is 2. The van der Waals surface area contributed by atoms with Gasteiger partial charge in [-0.25, -0.2) is 4.98 Å². The highest BCUT2D eigenvalue weighted by atomic mass is 35.5. The van der Waals surface area contributed by atoms with Crippen molar-refractivity contribution >= 4 is 74.7 Å². The number of nitrogens with two attached hydrogens (primary N) is 1. The Kier molecular flexibility index (Phi) is 7.60. The van der Waals surface area contributed by atoms with E-state index < -0.39 is 0 Å². The van der Waals surface area contributed by atoms with E-state index in [2.05, 4.69) is 10.3 Å². The lowest BCUT2D eigenvalue weighted by atomic mass is 10.1. The molecule has 0 bridgehead atoms. The fraction of sp³-hybridized carbons (Fsp3) is 0.150. The molecule has 30 heavy (non-hydrogen) atoms. The molecule has 10 heteroatoms. The van der Waals surface area contributed by atoms with Crippen LogP contribution in [0, 0.1) is 0 Å². The molecule has 3 rings (SSSR count). The number of rotatable bonds is 8. The summed E-state index contributed by atoms with van der Waals surface area (Å²) < 4.78 is 4.91. The van der Waals surface area contributed by atoms with Gasteiger partial charge in [-0.2, -0.15) is 0 Å². The summed E-state index contributed by atoms with van der Waals surface area (Å²) in [7, 11) is 0. The van der Waals surface area contributed by atoms with Gasteiger partial charge >= 0.3 is 5.97 Å². The van der Waals surface area contributed by atoms with E-state index in [0.717, 1.165) is 21.9 Å². The number of benzene rings is 2. The highest BCUT2D eigenvalue weighted by Gasteiger charge is 2.22. The minimum absolute atomic E-state index is 0.112. The van der Waals surface area contributed by atoms with Crippen LogP contribution in [-0.2, 0) is 9.53 Å². The summed E-state index contributed by atoms with van der Waals surface area (Å²) in [6.07, 6.45) is 0. The molecule has 0 atom stereocenters. The molecule has 0 saturated carbocycles. The van der Waals surface area contributed by atoms with Gasteiger partial charge < -0.3 is 15.8 Å². The van der Waals surface area contributed by atoms with Crippen molar-refractivity contribution in [2.45, 2.75) is 11.8 Å². The summed E-state index contributed by atoms with van der Waals surface area (Å²) in [5.74, 6) is 0.132. The lowest BCUT2D eigenvalue weighted by Gasteiger charge is -2.05. The summed E-state index contributed by atoms with van der Waals surface area (Å²) >= 11 is 15.0. The van der Waals surface area contributed by atoms with Crippen LogP contribution >= 0.6 is 46.3 Å². The van der Waals surface area contributed by atoms with E-state index in [0.29, 0.717) is 17.5 Å². The number of hydrogen-bond acceptors (Lipinski definition) is 8. The first-order valence-corrected chi connectivity index (χ1v) is 11.3. The Morgan fingerprint density at radius 3 is 2.47 bits per heavy atom. The van der Waals surface area contributed by atoms with Crippen molar-refractivity contribution in [2.75, 3.05) is 23.4 Å². The normalized spacial score (nSPS) is 10.6. The molecule has 1 aromatic heterocycles.